The zero-order chi connectivity index (χ0) is 12.4. The van der Waals surface area contributed by atoms with Gasteiger partial charge in [0.25, 0.3) is 0 Å². The van der Waals surface area contributed by atoms with Crippen molar-refractivity contribution in [2.45, 2.75) is 24.0 Å². The van der Waals surface area contributed by atoms with Gasteiger partial charge in [0.1, 0.15) is 17.7 Å². The molecule has 92 valence electrons. The molecule has 1 saturated heterocycles. The van der Waals surface area contributed by atoms with E-state index in [1.807, 2.05) is 11.2 Å². The van der Waals surface area contributed by atoms with Crippen LogP contribution in [0.1, 0.15) is 12.8 Å². The molecule has 1 amide bonds. The Labute approximate surface area is 104 Å². The Hall–Kier alpha value is -1.50. The highest BCUT2D eigenvalue weighted by molar-refractivity contribution is 7.98. The first-order valence-electron chi connectivity index (χ1n) is 5.36. The summed E-state index contributed by atoms with van der Waals surface area (Å²) in [5.41, 5.74) is 11.1. The number of amides is 1. The maximum absolute atomic E-state index is 11.3. The molecule has 0 saturated carbocycles. The molecule has 0 bridgehead atoms. The van der Waals surface area contributed by atoms with Crippen molar-refractivity contribution in [3.8, 4) is 0 Å². The summed E-state index contributed by atoms with van der Waals surface area (Å²) in [5, 5.41) is 0.607. The Balaban J connectivity index is 2.32. The number of rotatable bonds is 3. The smallest absolute Gasteiger partial charge is 0.240 e. The van der Waals surface area contributed by atoms with Crippen molar-refractivity contribution in [3.63, 3.8) is 0 Å². The predicted octanol–water partition coefficient (Wildman–Crippen LogP) is 0.235. The van der Waals surface area contributed by atoms with Crippen molar-refractivity contribution in [1.29, 1.82) is 0 Å². The highest BCUT2D eigenvalue weighted by Gasteiger charge is 2.30. The molecule has 1 aromatic rings. The lowest BCUT2D eigenvalue weighted by Gasteiger charge is -2.23. The van der Waals surface area contributed by atoms with Crippen molar-refractivity contribution in [3.05, 3.63) is 6.07 Å². The second-order valence-electron chi connectivity index (χ2n) is 3.89. The van der Waals surface area contributed by atoms with Gasteiger partial charge in [-0.15, -0.1) is 0 Å². The van der Waals surface area contributed by atoms with Crippen LogP contribution in [0.2, 0.25) is 0 Å². The normalized spacial score (nSPS) is 19.6. The van der Waals surface area contributed by atoms with E-state index in [9.17, 15) is 4.79 Å². The number of carbonyl (C=O) groups is 1. The number of nitrogen functional groups attached to an aromatic ring is 1. The summed E-state index contributed by atoms with van der Waals surface area (Å²) < 4.78 is 0. The molecule has 4 N–H and O–H groups in total. The van der Waals surface area contributed by atoms with E-state index < -0.39 is 0 Å². The number of aromatic nitrogens is 2. The molecule has 1 unspecified atom stereocenters. The van der Waals surface area contributed by atoms with Gasteiger partial charge in [-0.1, -0.05) is 11.8 Å². The number of primary amides is 1. The fraction of sp³-hybridized carbons (Fsp3) is 0.500. The molecule has 0 aliphatic carbocycles. The Morgan fingerprint density at radius 3 is 3.00 bits per heavy atom. The average molecular weight is 253 g/mol. The number of hydrogen-bond acceptors (Lipinski definition) is 6. The van der Waals surface area contributed by atoms with E-state index in [2.05, 4.69) is 9.97 Å². The van der Waals surface area contributed by atoms with Gasteiger partial charge in [0.2, 0.25) is 5.91 Å². The van der Waals surface area contributed by atoms with E-state index in [1.165, 1.54) is 11.8 Å². The van der Waals surface area contributed by atoms with Gasteiger partial charge in [-0.25, -0.2) is 9.97 Å². The average Bonchev–Trinajstić information content (AvgIpc) is 2.77. The number of hydrogen-bond donors (Lipinski definition) is 2. The fourth-order valence-corrected chi connectivity index (χ4v) is 2.39. The Kier molecular flexibility index (Phi) is 3.37. The van der Waals surface area contributed by atoms with Crippen LogP contribution < -0.4 is 16.4 Å². The minimum Gasteiger partial charge on any atom is -0.383 e. The summed E-state index contributed by atoms with van der Waals surface area (Å²) in [6.45, 7) is 0.776. The molecule has 1 aliphatic rings. The zero-order valence-electron chi connectivity index (χ0n) is 9.59. The molecular weight excluding hydrogens is 238 g/mol. The van der Waals surface area contributed by atoms with Crippen molar-refractivity contribution >= 4 is 29.3 Å². The van der Waals surface area contributed by atoms with Gasteiger partial charge < -0.3 is 16.4 Å². The molecule has 1 atom stereocenters. The molecule has 1 aromatic heterocycles. The first-order valence-corrected chi connectivity index (χ1v) is 6.59. The number of thioether (sulfide) groups is 1. The first kappa shape index (κ1) is 12.0. The number of nitrogens with two attached hydrogens (primary N) is 2. The van der Waals surface area contributed by atoms with Crippen LogP contribution in [0.3, 0.4) is 0 Å². The minimum atomic E-state index is -0.314. The van der Waals surface area contributed by atoms with Gasteiger partial charge in [-0.3, -0.25) is 4.79 Å². The van der Waals surface area contributed by atoms with Crippen molar-refractivity contribution in [2.24, 2.45) is 5.73 Å². The van der Waals surface area contributed by atoms with Crippen LogP contribution in [0.25, 0.3) is 0 Å². The van der Waals surface area contributed by atoms with Gasteiger partial charge >= 0.3 is 0 Å². The van der Waals surface area contributed by atoms with Crippen LogP contribution in [0.5, 0.6) is 0 Å². The molecular formula is C10H15N5OS. The highest BCUT2D eigenvalue weighted by Crippen LogP contribution is 2.26. The molecule has 6 nitrogen and oxygen atoms in total. The second kappa shape index (κ2) is 4.79. The Bertz CT molecular complexity index is 439. The number of carbonyl (C=O) groups excluding carboxylic acids is 1. The summed E-state index contributed by atoms with van der Waals surface area (Å²) >= 11 is 1.42. The van der Waals surface area contributed by atoms with Crippen LogP contribution >= 0.6 is 11.8 Å². The van der Waals surface area contributed by atoms with Gasteiger partial charge in [0.05, 0.1) is 0 Å². The first-order chi connectivity index (χ1) is 8.11. The number of anilines is 2. The van der Waals surface area contributed by atoms with E-state index >= 15 is 0 Å². The topological polar surface area (TPSA) is 98.1 Å². The Morgan fingerprint density at radius 1 is 1.59 bits per heavy atom. The van der Waals surface area contributed by atoms with Gasteiger partial charge in [-0.05, 0) is 19.1 Å². The molecule has 1 aliphatic heterocycles. The number of nitrogens with zero attached hydrogens (tertiary/aromatic N) is 3. The van der Waals surface area contributed by atoms with Gasteiger partial charge in [0, 0.05) is 12.6 Å². The molecule has 2 heterocycles. The van der Waals surface area contributed by atoms with E-state index in [0.717, 1.165) is 19.4 Å². The van der Waals surface area contributed by atoms with E-state index in [1.54, 1.807) is 6.07 Å². The van der Waals surface area contributed by atoms with Crippen molar-refractivity contribution in [1.82, 2.24) is 9.97 Å². The molecule has 0 aromatic carbocycles. The van der Waals surface area contributed by atoms with Crippen LogP contribution in [-0.2, 0) is 4.79 Å². The standard InChI is InChI=1S/C10H15N5OS/c1-17-10-13-7(11)5-8(14-10)15-4-2-3-6(15)9(12)16/h5-6H,2-4H2,1H3,(H2,12,16)(H2,11,13,14). The van der Waals surface area contributed by atoms with E-state index in [-0.39, 0.29) is 11.9 Å². The molecule has 2 rings (SSSR count). The predicted molar refractivity (Wildman–Crippen MR) is 67.8 cm³/mol. The third kappa shape index (κ3) is 2.44. The molecule has 7 heteroatoms. The lowest BCUT2D eigenvalue weighted by atomic mass is 10.2. The molecule has 0 spiro atoms. The summed E-state index contributed by atoms with van der Waals surface area (Å²) in [4.78, 5) is 21.7. The quantitative estimate of drug-likeness (QED) is 0.591. The summed E-state index contributed by atoms with van der Waals surface area (Å²) in [5.74, 6) is 0.781. The minimum absolute atomic E-state index is 0.279. The third-order valence-electron chi connectivity index (χ3n) is 2.77. The molecule has 1 fully saturated rings. The maximum atomic E-state index is 11.3. The van der Waals surface area contributed by atoms with Crippen LogP contribution in [-0.4, -0.2) is 34.7 Å². The summed E-state index contributed by atoms with van der Waals surface area (Å²) in [7, 11) is 0. The lowest BCUT2D eigenvalue weighted by Crippen LogP contribution is -2.40. The molecule has 17 heavy (non-hydrogen) atoms. The van der Waals surface area contributed by atoms with Gasteiger partial charge in [0.15, 0.2) is 5.16 Å². The van der Waals surface area contributed by atoms with E-state index in [0.29, 0.717) is 16.8 Å². The Morgan fingerprint density at radius 2 is 2.35 bits per heavy atom. The van der Waals surface area contributed by atoms with Gasteiger partial charge in [-0.2, -0.15) is 0 Å². The van der Waals surface area contributed by atoms with Crippen molar-refractivity contribution in [2.75, 3.05) is 23.4 Å². The van der Waals surface area contributed by atoms with Crippen LogP contribution in [0.4, 0.5) is 11.6 Å². The molecule has 0 radical (unpaired) electrons. The van der Waals surface area contributed by atoms with Crippen LogP contribution in [0, 0.1) is 0 Å². The SMILES string of the molecule is CSc1nc(N)cc(N2CCCC2C(N)=O)n1. The zero-order valence-corrected chi connectivity index (χ0v) is 10.4. The van der Waals surface area contributed by atoms with Crippen LogP contribution in [0.15, 0.2) is 11.2 Å². The fourth-order valence-electron chi connectivity index (χ4n) is 2.01. The highest BCUT2D eigenvalue weighted by atomic mass is 32.2. The summed E-state index contributed by atoms with van der Waals surface area (Å²) in [6.07, 6.45) is 3.59. The van der Waals surface area contributed by atoms with Crippen molar-refractivity contribution < 1.29 is 4.79 Å². The monoisotopic (exact) mass is 253 g/mol. The lowest BCUT2D eigenvalue weighted by molar-refractivity contribution is -0.119. The second-order valence-corrected chi connectivity index (χ2v) is 4.66. The third-order valence-corrected chi connectivity index (χ3v) is 3.32. The maximum Gasteiger partial charge on any atom is 0.240 e. The van der Waals surface area contributed by atoms with E-state index in [4.69, 9.17) is 11.5 Å². The summed E-state index contributed by atoms with van der Waals surface area (Å²) in [6, 6.07) is 1.40. The largest absolute Gasteiger partial charge is 0.383 e.